The first kappa shape index (κ1) is 19.5. The van der Waals surface area contributed by atoms with E-state index in [2.05, 4.69) is 4.74 Å². The first-order chi connectivity index (χ1) is 9.72. The highest BCUT2D eigenvalue weighted by Crippen LogP contribution is 2.13. The van der Waals surface area contributed by atoms with Crippen LogP contribution in [0.15, 0.2) is 11.8 Å². The van der Waals surface area contributed by atoms with Gasteiger partial charge in [-0.25, -0.2) is 4.79 Å². The molecular formula is C12H20O9. The maximum Gasteiger partial charge on any atom is 0.373 e. The molecule has 1 aliphatic heterocycles. The van der Waals surface area contributed by atoms with Crippen molar-refractivity contribution in [2.24, 2.45) is 0 Å². The molecule has 0 aromatic heterocycles. The lowest BCUT2D eigenvalue weighted by molar-refractivity contribution is -0.146. The fourth-order valence-corrected chi connectivity index (χ4v) is 1.29. The van der Waals surface area contributed by atoms with Crippen molar-refractivity contribution in [2.45, 2.75) is 37.8 Å². The summed E-state index contributed by atoms with van der Waals surface area (Å²) in [6, 6.07) is 0. The second-order valence-electron chi connectivity index (χ2n) is 4.40. The van der Waals surface area contributed by atoms with Gasteiger partial charge >= 0.3 is 5.97 Å². The Bertz CT molecular complexity index is 379. The van der Waals surface area contributed by atoms with Crippen LogP contribution in [0.4, 0.5) is 0 Å². The van der Waals surface area contributed by atoms with Crippen molar-refractivity contribution >= 4 is 11.8 Å². The molecule has 21 heavy (non-hydrogen) atoms. The minimum Gasteiger partial charge on any atom is -0.502 e. The number of ketones is 1. The summed E-state index contributed by atoms with van der Waals surface area (Å²) < 4.78 is 4.43. The Balaban J connectivity index is 0.000000384. The maximum atomic E-state index is 10.5. The number of aliphatic hydroxyl groups excluding tert-OH is 6. The molecule has 0 amide bonds. The fraction of sp³-hybridized carbons (Fsp3) is 0.667. The average molecular weight is 308 g/mol. The molecule has 0 spiro atoms. The Kier molecular flexibility index (Phi) is 8.74. The lowest BCUT2D eigenvalue weighted by Gasteiger charge is -2.12. The molecule has 0 aromatic carbocycles. The van der Waals surface area contributed by atoms with Crippen LogP contribution in [0.25, 0.3) is 0 Å². The summed E-state index contributed by atoms with van der Waals surface area (Å²) in [6.07, 6.45) is -3.48. The van der Waals surface area contributed by atoms with Gasteiger partial charge in [-0.15, -0.1) is 0 Å². The van der Waals surface area contributed by atoms with E-state index < -0.39 is 49.4 Å². The van der Waals surface area contributed by atoms with E-state index >= 15 is 0 Å². The standard InChI is InChI=1S/C6H8O5.C6H12O4/c7-2-4(9)5-1-3(8)6(10)11-5;1-4(8)2-5(9)6(10)3-7/h1,4-5,7-9H,2H2;5-7,9-10H,2-3H2,1H3. The predicted molar refractivity (Wildman–Crippen MR) is 68.1 cm³/mol. The van der Waals surface area contributed by atoms with Gasteiger partial charge in [-0.3, -0.25) is 4.79 Å². The number of aliphatic hydroxyl groups is 6. The van der Waals surface area contributed by atoms with E-state index in [1.54, 1.807) is 0 Å². The highest BCUT2D eigenvalue weighted by Gasteiger charge is 2.29. The molecular weight excluding hydrogens is 288 g/mol. The van der Waals surface area contributed by atoms with Gasteiger partial charge in [-0.05, 0) is 6.92 Å². The van der Waals surface area contributed by atoms with Crippen molar-refractivity contribution in [1.82, 2.24) is 0 Å². The molecule has 0 aliphatic carbocycles. The van der Waals surface area contributed by atoms with Gasteiger partial charge in [0.2, 0.25) is 5.76 Å². The highest BCUT2D eigenvalue weighted by molar-refractivity contribution is 5.88. The molecule has 0 bridgehead atoms. The quantitative estimate of drug-likeness (QED) is 0.288. The number of esters is 1. The molecule has 0 aromatic rings. The largest absolute Gasteiger partial charge is 0.502 e. The van der Waals surface area contributed by atoms with E-state index in [0.717, 1.165) is 6.08 Å². The topological polar surface area (TPSA) is 165 Å². The first-order valence-corrected chi connectivity index (χ1v) is 6.10. The Labute approximate surface area is 120 Å². The number of hydrogen-bond acceptors (Lipinski definition) is 9. The number of ether oxygens (including phenoxy) is 1. The molecule has 0 saturated heterocycles. The summed E-state index contributed by atoms with van der Waals surface area (Å²) in [5.74, 6) is -1.61. The zero-order chi connectivity index (χ0) is 16.6. The van der Waals surface area contributed by atoms with Crippen LogP contribution in [-0.4, -0.2) is 80.0 Å². The van der Waals surface area contributed by atoms with Gasteiger partial charge in [0, 0.05) is 12.5 Å². The van der Waals surface area contributed by atoms with E-state index in [9.17, 15) is 9.59 Å². The van der Waals surface area contributed by atoms with Crippen LogP contribution in [0.2, 0.25) is 0 Å². The SMILES string of the molecule is CC(=O)CC(O)C(O)CO.O=C1OC(C(O)CO)C=C1O. The molecule has 9 heteroatoms. The van der Waals surface area contributed by atoms with Crippen LogP contribution in [0.1, 0.15) is 13.3 Å². The molecule has 1 aliphatic rings. The summed E-state index contributed by atoms with van der Waals surface area (Å²) in [7, 11) is 0. The normalized spacial score (nSPS) is 21.5. The monoisotopic (exact) mass is 308 g/mol. The summed E-state index contributed by atoms with van der Waals surface area (Å²) in [5, 5.41) is 51.9. The van der Waals surface area contributed by atoms with Crippen molar-refractivity contribution in [2.75, 3.05) is 13.2 Å². The lowest BCUT2D eigenvalue weighted by atomic mass is 10.1. The number of carbonyl (C=O) groups excluding carboxylic acids is 2. The van der Waals surface area contributed by atoms with Crippen LogP contribution in [0.3, 0.4) is 0 Å². The van der Waals surface area contributed by atoms with Crippen LogP contribution < -0.4 is 0 Å². The Morgan fingerprint density at radius 3 is 2.14 bits per heavy atom. The van der Waals surface area contributed by atoms with E-state index in [1.165, 1.54) is 6.92 Å². The third kappa shape index (κ3) is 7.16. The molecule has 4 unspecified atom stereocenters. The third-order valence-electron chi connectivity index (χ3n) is 2.47. The highest BCUT2D eigenvalue weighted by atomic mass is 16.6. The second-order valence-corrected chi connectivity index (χ2v) is 4.40. The maximum absolute atomic E-state index is 10.5. The Hall–Kier alpha value is -1.52. The molecule has 4 atom stereocenters. The number of cyclic esters (lactones) is 1. The zero-order valence-corrected chi connectivity index (χ0v) is 11.4. The van der Waals surface area contributed by atoms with Crippen LogP contribution in [0, 0.1) is 0 Å². The van der Waals surface area contributed by atoms with Gasteiger partial charge in [0.15, 0.2) is 6.10 Å². The molecule has 0 radical (unpaired) electrons. The van der Waals surface area contributed by atoms with Gasteiger partial charge in [-0.2, -0.15) is 0 Å². The molecule has 1 heterocycles. The minimum absolute atomic E-state index is 0.109. The summed E-state index contributed by atoms with van der Waals surface area (Å²) in [5.41, 5.74) is 0. The molecule has 0 saturated carbocycles. The predicted octanol–water partition coefficient (Wildman–Crippen LogP) is -2.61. The Morgan fingerprint density at radius 1 is 1.24 bits per heavy atom. The summed E-state index contributed by atoms with van der Waals surface area (Å²) in [6.45, 7) is 0.281. The molecule has 9 nitrogen and oxygen atoms in total. The van der Waals surface area contributed by atoms with E-state index in [1.807, 2.05) is 0 Å². The van der Waals surface area contributed by atoms with Crippen molar-refractivity contribution in [3.63, 3.8) is 0 Å². The molecule has 122 valence electrons. The first-order valence-electron chi connectivity index (χ1n) is 6.10. The van der Waals surface area contributed by atoms with E-state index in [-0.39, 0.29) is 12.2 Å². The zero-order valence-electron chi connectivity index (χ0n) is 11.4. The average Bonchev–Trinajstić information content (AvgIpc) is 2.76. The molecule has 0 fully saturated rings. The van der Waals surface area contributed by atoms with Gasteiger partial charge in [-0.1, -0.05) is 0 Å². The molecule has 1 rings (SSSR count). The van der Waals surface area contributed by atoms with Gasteiger partial charge < -0.3 is 35.4 Å². The summed E-state index contributed by atoms with van der Waals surface area (Å²) >= 11 is 0. The van der Waals surface area contributed by atoms with Gasteiger partial charge in [0.25, 0.3) is 0 Å². The third-order valence-corrected chi connectivity index (χ3v) is 2.47. The number of rotatable bonds is 6. The van der Waals surface area contributed by atoms with E-state index in [0.29, 0.717) is 0 Å². The smallest absolute Gasteiger partial charge is 0.373 e. The van der Waals surface area contributed by atoms with Crippen molar-refractivity contribution in [1.29, 1.82) is 0 Å². The summed E-state index contributed by atoms with van der Waals surface area (Å²) in [4.78, 5) is 20.8. The van der Waals surface area contributed by atoms with Crippen molar-refractivity contribution < 1.29 is 45.0 Å². The van der Waals surface area contributed by atoms with Crippen LogP contribution >= 0.6 is 0 Å². The number of hydrogen-bond donors (Lipinski definition) is 6. The Morgan fingerprint density at radius 2 is 1.81 bits per heavy atom. The lowest BCUT2D eigenvalue weighted by Crippen LogP contribution is -2.30. The van der Waals surface area contributed by atoms with Crippen molar-refractivity contribution in [3.8, 4) is 0 Å². The van der Waals surface area contributed by atoms with Crippen molar-refractivity contribution in [3.05, 3.63) is 11.8 Å². The van der Waals surface area contributed by atoms with Gasteiger partial charge in [0.1, 0.15) is 18.0 Å². The second kappa shape index (κ2) is 9.42. The van der Waals surface area contributed by atoms with Crippen LogP contribution in [-0.2, 0) is 14.3 Å². The minimum atomic E-state index is -1.20. The van der Waals surface area contributed by atoms with Gasteiger partial charge in [0.05, 0.1) is 19.3 Å². The van der Waals surface area contributed by atoms with E-state index in [4.69, 9.17) is 30.6 Å². The van der Waals surface area contributed by atoms with Crippen LogP contribution in [0.5, 0.6) is 0 Å². The number of carbonyl (C=O) groups is 2. The number of Topliss-reactive ketones (excluding diaryl/α,β-unsaturated/α-hetero) is 1. The molecule has 6 N–H and O–H groups in total. The fourth-order valence-electron chi connectivity index (χ4n) is 1.29.